The van der Waals surface area contributed by atoms with Gasteiger partial charge in [-0.05, 0) is 49.4 Å². The van der Waals surface area contributed by atoms with E-state index in [1.807, 2.05) is 24.3 Å². The molecule has 1 aromatic carbocycles. The van der Waals surface area contributed by atoms with E-state index in [0.717, 1.165) is 43.6 Å². The molecule has 0 bridgehead atoms. The second-order valence-corrected chi connectivity index (χ2v) is 6.30. The van der Waals surface area contributed by atoms with E-state index in [1.165, 1.54) is 12.0 Å². The monoisotopic (exact) mass is 330 g/mol. The van der Waals surface area contributed by atoms with Crippen molar-refractivity contribution in [1.82, 2.24) is 10.3 Å². The van der Waals surface area contributed by atoms with E-state index < -0.39 is 17.4 Å². The molecule has 126 valence electrons. The van der Waals surface area contributed by atoms with Gasteiger partial charge in [-0.2, -0.15) is 0 Å². The van der Waals surface area contributed by atoms with Crippen molar-refractivity contribution in [1.29, 1.82) is 0 Å². The van der Waals surface area contributed by atoms with Crippen molar-refractivity contribution in [3.8, 4) is 0 Å². The summed E-state index contributed by atoms with van der Waals surface area (Å²) in [4.78, 5) is 15.7. The lowest BCUT2D eigenvalue weighted by atomic mass is 9.97. The van der Waals surface area contributed by atoms with Crippen LogP contribution in [0.15, 0.2) is 36.5 Å². The lowest BCUT2D eigenvalue weighted by Gasteiger charge is -2.08. The Balaban J connectivity index is 1.58. The maximum Gasteiger partial charge on any atom is 0.188 e. The Labute approximate surface area is 140 Å². The molecule has 1 N–H and O–H groups in total. The summed E-state index contributed by atoms with van der Waals surface area (Å²) >= 11 is 0. The maximum atomic E-state index is 13.6. The highest BCUT2D eigenvalue weighted by molar-refractivity contribution is 5.95. The third-order valence-electron chi connectivity index (χ3n) is 4.46. The van der Waals surface area contributed by atoms with Crippen molar-refractivity contribution >= 4 is 5.78 Å². The minimum Gasteiger partial charge on any atom is -0.316 e. The molecule has 0 radical (unpaired) electrons. The lowest BCUT2D eigenvalue weighted by molar-refractivity contribution is 0.0983. The lowest BCUT2D eigenvalue weighted by Crippen LogP contribution is -2.10. The molecule has 1 aliphatic heterocycles. The number of pyridine rings is 1. The average molecular weight is 330 g/mol. The van der Waals surface area contributed by atoms with Crippen molar-refractivity contribution in [3.05, 3.63) is 65.0 Å². The second-order valence-electron chi connectivity index (χ2n) is 6.30. The minimum atomic E-state index is -0.915. The van der Waals surface area contributed by atoms with Gasteiger partial charge < -0.3 is 5.32 Å². The molecule has 1 saturated heterocycles. The quantitative estimate of drug-likeness (QED) is 0.826. The molecule has 3 rings (SSSR count). The molecule has 1 aliphatic rings. The van der Waals surface area contributed by atoms with Crippen molar-refractivity contribution < 1.29 is 13.6 Å². The third kappa shape index (κ3) is 4.23. The van der Waals surface area contributed by atoms with Crippen molar-refractivity contribution in [3.63, 3.8) is 0 Å². The number of aromatic nitrogens is 1. The number of hydrogen-bond acceptors (Lipinski definition) is 3. The molecule has 5 heteroatoms. The second kappa shape index (κ2) is 7.62. The van der Waals surface area contributed by atoms with Crippen LogP contribution in [-0.2, 0) is 12.8 Å². The van der Waals surface area contributed by atoms with Gasteiger partial charge >= 0.3 is 0 Å². The Morgan fingerprint density at radius 1 is 1.21 bits per heavy atom. The first-order chi connectivity index (χ1) is 11.6. The van der Waals surface area contributed by atoms with Crippen LogP contribution in [0.5, 0.6) is 0 Å². The van der Waals surface area contributed by atoms with E-state index in [4.69, 9.17) is 0 Å². The fourth-order valence-electron chi connectivity index (χ4n) is 3.04. The molecule has 2 aromatic rings. The van der Waals surface area contributed by atoms with Crippen LogP contribution in [0.4, 0.5) is 8.78 Å². The van der Waals surface area contributed by atoms with Gasteiger partial charge in [0, 0.05) is 12.5 Å². The molecule has 1 atom stereocenters. The molecule has 1 aromatic heterocycles. The van der Waals surface area contributed by atoms with Crippen LogP contribution < -0.4 is 5.32 Å². The first kappa shape index (κ1) is 16.7. The third-order valence-corrected chi connectivity index (χ3v) is 4.46. The van der Waals surface area contributed by atoms with Gasteiger partial charge in [0.05, 0.1) is 6.20 Å². The predicted molar refractivity (Wildman–Crippen MR) is 87.9 cm³/mol. The van der Waals surface area contributed by atoms with Crippen LogP contribution in [0.25, 0.3) is 0 Å². The Morgan fingerprint density at radius 3 is 2.62 bits per heavy atom. The molecule has 24 heavy (non-hydrogen) atoms. The largest absolute Gasteiger partial charge is 0.316 e. The van der Waals surface area contributed by atoms with Gasteiger partial charge in [0.1, 0.15) is 11.5 Å². The number of halogens is 2. The number of aryl methyl sites for hydroxylation is 1. The number of carbonyl (C=O) groups excluding carboxylic acids is 1. The van der Waals surface area contributed by atoms with Crippen molar-refractivity contribution in [2.24, 2.45) is 5.92 Å². The van der Waals surface area contributed by atoms with E-state index in [1.54, 1.807) is 0 Å². The number of hydrogen-bond donors (Lipinski definition) is 1. The molecule has 1 fully saturated rings. The Hall–Kier alpha value is -2.14. The van der Waals surface area contributed by atoms with E-state index in [9.17, 15) is 13.6 Å². The first-order valence-corrected chi connectivity index (χ1v) is 8.24. The Kier molecular flexibility index (Phi) is 5.30. The van der Waals surface area contributed by atoms with Crippen LogP contribution in [0, 0.1) is 17.6 Å². The molecule has 1 unspecified atom stereocenters. The molecule has 2 heterocycles. The summed E-state index contributed by atoms with van der Waals surface area (Å²) in [5.74, 6) is -1.40. The van der Waals surface area contributed by atoms with Gasteiger partial charge in [-0.3, -0.25) is 4.79 Å². The zero-order valence-corrected chi connectivity index (χ0v) is 13.4. The number of nitrogens with one attached hydrogen (secondary N) is 1. The van der Waals surface area contributed by atoms with Crippen LogP contribution >= 0.6 is 0 Å². The summed E-state index contributed by atoms with van der Waals surface area (Å²) in [6.45, 7) is 2.21. The van der Waals surface area contributed by atoms with Crippen LogP contribution in [0.2, 0.25) is 0 Å². The van der Waals surface area contributed by atoms with Crippen molar-refractivity contribution in [2.75, 3.05) is 13.1 Å². The smallest absolute Gasteiger partial charge is 0.188 e. The SMILES string of the molecule is O=C(Cc1ccc(CCC2CCNC2)cc1)c1ncc(F)cc1F. The van der Waals surface area contributed by atoms with E-state index in [0.29, 0.717) is 6.07 Å². The summed E-state index contributed by atoms with van der Waals surface area (Å²) in [5.41, 5.74) is 1.73. The van der Waals surface area contributed by atoms with Gasteiger partial charge in [0.15, 0.2) is 11.6 Å². The summed E-state index contributed by atoms with van der Waals surface area (Å²) < 4.78 is 26.4. The zero-order chi connectivity index (χ0) is 16.9. The highest BCUT2D eigenvalue weighted by atomic mass is 19.1. The molecule has 0 saturated carbocycles. The topological polar surface area (TPSA) is 42.0 Å². The van der Waals surface area contributed by atoms with Crippen LogP contribution in [0.3, 0.4) is 0 Å². The number of carbonyl (C=O) groups is 1. The maximum absolute atomic E-state index is 13.6. The van der Waals surface area contributed by atoms with E-state index >= 15 is 0 Å². The highest BCUT2D eigenvalue weighted by Gasteiger charge is 2.16. The van der Waals surface area contributed by atoms with Gasteiger partial charge in [-0.25, -0.2) is 13.8 Å². The van der Waals surface area contributed by atoms with Gasteiger partial charge in [-0.15, -0.1) is 0 Å². The summed E-state index contributed by atoms with van der Waals surface area (Å²) in [7, 11) is 0. The number of Topliss-reactive ketones (excluding diaryl/α,β-unsaturated/α-hetero) is 1. The van der Waals surface area contributed by atoms with Gasteiger partial charge in [0.25, 0.3) is 0 Å². The average Bonchev–Trinajstić information content (AvgIpc) is 3.07. The molecular weight excluding hydrogens is 310 g/mol. The standard InChI is InChI=1S/C19H20F2N2O/c20-16-10-17(21)19(23-12-16)18(24)9-14-4-1-13(2-5-14)3-6-15-7-8-22-11-15/h1-2,4-5,10,12,15,22H,3,6-9,11H2. The molecule has 3 nitrogen and oxygen atoms in total. The summed E-state index contributed by atoms with van der Waals surface area (Å²) in [6, 6.07) is 8.49. The number of nitrogens with zero attached hydrogens (tertiary/aromatic N) is 1. The normalized spacial score (nSPS) is 17.2. The summed E-state index contributed by atoms with van der Waals surface area (Å²) in [5, 5.41) is 3.37. The Morgan fingerprint density at radius 2 is 1.96 bits per heavy atom. The predicted octanol–water partition coefficient (Wildman–Crippen LogP) is 3.33. The van der Waals surface area contributed by atoms with Gasteiger partial charge in [0.2, 0.25) is 0 Å². The fraction of sp³-hybridized carbons (Fsp3) is 0.368. The molecule has 0 amide bonds. The fourth-order valence-corrected chi connectivity index (χ4v) is 3.04. The Bertz CT molecular complexity index is 710. The van der Waals surface area contributed by atoms with Crippen LogP contribution in [-0.4, -0.2) is 23.9 Å². The number of ketones is 1. The van der Waals surface area contributed by atoms with Crippen molar-refractivity contribution in [2.45, 2.75) is 25.7 Å². The van der Waals surface area contributed by atoms with Crippen LogP contribution in [0.1, 0.15) is 34.5 Å². The molecule has 0 aliphatic carbocycles. The number of benzene rings is 1. The molecular formula is C19H20F2N2O. The molecule has 0 spiro atoms. The van der Waals surface area contributed by atoms with Gasteiger partial charge in [-0.1, -0.05) is 24.3 Å². The van der Waals surface area contributed by atoms with E-state index in [2.05, 4.69) is 10.3 Å². The first-order valence-electron chi connectivity index (χ1n) is 8.24. The minimum absolute atomic E-state index is 0.0579. The highest BCUT2D eigenvalue weighted by Crippen LogP contribution is 2.17. The van der Waals surface area contributed by atoms with E-state index in [-0.39, 0.29) is 12.1 Å². The number of rotatable bonds is 6. The zero-order valence-electron chi connectivity index (χ0n) is 13.4. The summed E-state index contributed by atoms with van der Waals surface area (Å²) in [6.07, 6.45) is 4.34.